The van der Waals surface area contributed by atoms with Crippen LogP contribution in [-0.4, -0.2) is 10.5 Å². The van der Waals surface area contributed by atoms with Crippen LogP contribution in [0.3, 0.4) is 0 Å². The zero-order chi connectivity index (χ0) is 15.5. The van der Waals surface area contributed by atoms with E-state index in [1.165, 1.54) is 11.3 Å². The third-order valence-corrected chi connectivity index (χ3v) is 4.42. The molecule has 3 rings (SSSR count). The van der Waals surface area contributed by atoms with E-state index in [9.17, 15) is 9.59 Å². The monoisotopic (exact) mass is 312 g/mol. The number of carbonyl (C=O) groups is 1. The normalized spacial score (nSPS) is 10.8. The molecule has 2 aromatic carbocycles. The van der Waals surface area contributed by atoms with Gasteiger partial charge in [0.25, 0.3) is 0 Å². The molecule has 0 saturated heterocycles. The summed E-state index contributed by atoms with van der Waals surface area (Å²) in [5.41, 5.74) is 2.61. The van der Waals surface area contributed by atoms with Gasteiger partial charge in [-0.3, -0.25) is 14.2 Å². The number of nitrogens with one attached hydrogen (secondary N) is 1. The highest BCUT2D eigenvalue weighted by atomic mass is 32.1. The van der Waals surface area contributed by atoms with Crippen LogP contribution in [0.15, 0.2) is 53.3 Å². The lowest BCUT2D eigenvalue weighted by molar-refractivity contribution is -0.115. The van der Waals surface area contributed by atoms with Crippen LogP contribution in [0, 0.1) is 0 Å². The van der Waals surface area contributed by atoms with Crippen LogP contribution in [0.1, 0.15) is 12.5 Å². The van der Waals surface area contributed by atoms with Crippen LogP contribution >= 0.6 is 11.3 Å². The topological polar surface area (TPSA) is 51.1 Å². The number of rotatable bonds is 4. The fourth-order valence-corrected chi connectivity index (χ4v) is 3.42. The molecule has 112 valence electrons. The second-order valence-corrected chi connectivity index (χ2v) is 6.00. The summed E-state index contributed by atoms with van der Waals surface area (Å²) in [6, 6.07) is 15.2. The first-order valence-corrected chi connectivity index (χ1v) is 7.96. The van der Waals surface area contributed by atoms with E-state index in [0.29, 0.717) is 13.0 Å². The summed E-state index contributed by atoms with van der Waals surface area (Å²) in [7, 11) is 0. The summed E-state index contributed by atoms with van der Waals surface area (Å²) in [5.74, 6) is -0.0622. The molecular weight excluding hydrogens is 296 g/mol. The molecule has 5 heteroatoms. The first kappa shape index (κ1) is 14.5. The van der Waals surface area contributed by atoms with Gasteiger partial charge in [-0.25, -0.2) is 0 Å². The lowest BCUT2D eigenvalue weighted by Gasteiger charge is -2.06. The number of amides is 1. The standard InChI is InChI=1S/C17H16N2O2S/c1-2-19-14-9-8-13(11-15(14)22-17(19)21)18-16(20)10-12-6-4-3-5-7-12/h3-9,11H,2,10H2,1H3,(H,18,20). The molecule has 0 bridgehead atoms. The maximum Gasteiger partial charge on any atom is 0.308 e. The molecule has 0 radical (unpaired) electrons. The SMILES string of the molecule is CCn1c(=O)sc2cc(NC(=O)Cc3ccccc3)ccc21. The van der Waals surface area contributed by atoms with E-state index in [4.69, 9.17) is 0 Å². The van der Waals surface area contributed by atoms with Gasteiger partial charge in [0.15, 0.2) is 0 Å². The molecule has 0 aliphatic rings. The Bertz CT molecular complexity index is 865. The highest BCUT2D eigenvalue weighted by Gasteiger charge is 2.08. The average Bonchev–Trinajstić information content (AvgIpc) is 2.82. The number of hydrogen-bond donors (Lipinski definition) is 1. The highest BCUT2D eigenvalue weighted by Crippen LogP contribution is 2.22. The third-order valence-electron chi connectivity index (χ3n) is 3.48. The number of hydrogen-bond acceptors (Lipinski definition) is 3. The Morgan fingerprint density at radius 2 is 1.95 bits per heavy atom. The van der Waals surface area contributed by atoms with E-state index >= 15 is 0 Å². The first-order valence-electron chi connectivity index (χ1n) is 7.14. The van der Waals surface area contributed by atoms with Crippen molar-refractivity contribution in [3.05, 3.63) is 63.8 Å². The number of benzene rings is 2. The van der Waals surface area contributed by atoms with Crippen LogP contribution in [0.2, 0.25) is 0 Å². The molecule has 0 spiro atoms. The molecule has 3 aromatic rings. The Morgan fingerprint density at radius 3 is 2.68 bits per heavy atom. The number of aryl methyl sites for hydroxylation is 1. The van der Waals surface area contributed by atoms with E-state index < -0.39 is 0 Å². The molecule has 1 N–H and O–H groups in total. The molecule has 0 aliphatic heterocycles. The number of nitrogens with zero attached hydrogens (tertiary/aromatic N) is 1. The van der Waals surface area contributed by atoms with Crippen molar-refractivity contribution >= 4 is 33.1 Å². The predicted molar refractivity (Wildman–Crippen MR) is 90.5 cm³/mol. The van der Waals surface area contributed by atoms with Crippen molar-refractivity contribution < 1.29 is 4.79 Å². The molecule has 22 heavy (non-hydrogen) atoms. The van der Waals surface area contributed by atoms with Gasteiger partial charge in [-0.1, -0.05) is 41.7 Å². The van der Waals surface area contributed by atoms with Crippen molar-refractivity contribution in [3.63, 3.8) is 0 Å². The van der Waals surface area contributed by atoms with E-state index in [1.807, 2.05) is 55.5 Å². The molecule has 0 atom stereocenters. The van der Waals surface area contributed by atoms with Crippen LogP contribution in [-0.2, 0) is 17.8 Å². The van der Waals surface area contributed by atoms with Crippen molar-refractivity contribution in [3.8, 4) is 0 Å². The van der Waals surface area contributed by atoms with Crippen molar-refractivity contribution in [1.29, 1.82) is 0 Å². The second kappa shape index (κ2) is 6.15. The fraction of sp³-hybridized carbons (Fsp3) is 0.176. The van der Waals surface area contributed by atoms with Crippen LogP contribution in [0.5, 0.6) is 0 Å². The summed E-state index contributed by atoms with van der Waals surface area (Å²) in [6.45, 7) is 2.60. The van der Waals surface area contributed by atoms with Crippen molar-refractivity contribution in [2.24, 2.45) is 0 Å². The third kappa shape index (κ3) is 2.94. The van der Waals surface area contributed by atoms with Crippen LogP contribution in [0.25, 0.3) is 10.2 Å². The number of aromatic nitrogens is 1. The van der Waals surface area contributed by atoms with Gasteiger partial charge in [0.05, 0.1) is 16.6 Å². The Kier molecular flexibility index (Phi) is 4.06. The van der Waals surface area contributed by atoms with Crippen molar-refractivity contribution in [2.75, 3.05) is 5.32 Å². The Labute approximate surface area is 132 Å². The number of anilines is 1. The lowest BCUT2D eigenvalue weighted by Crippen LogP contribution is -2.14. The van der Waals surface area contributed by atoms with Gasteiger partial charge in [0, 0.05) is 12.2 Å². The Balaban J connectivity index is 1.79. The molecule has 1 aromatic heterocycles. The number of carbonyl (C=O) groups excluding carboxylic acids is 1. The second-order valence-electron chi connectivity index (χ2n) is 5.01. The molecule has 1 heterocycles. The van der Waals surface area contributed by atoms with Crippen LogP contribution in [0.4, 0.5) is 5.69 Å². The Morgan fingerprint density at radius 1 is 1.18 bits per heavy atom. The number of thiazole rings is 1. The molecule has 0 saturated carbocycles. The van der Waals surface area contributed by atoms with E-state index in [0.717, 1.165) is 21.5 Å². The molecule has 4 nitrogen and oxygen atoms in total. The summed E-state index contributed by atoms with van der Waals surface area (Å²) in [5, 5.41) is 2.89. The van der Waals surface area contributed by atoms with Crippen LogP contribution < -0.4 is 10.2 Å². The smallest absolute Gasteiger partial charge is 0.308 e. The molecule has 0 unspecified atom stereocenters. The summed E-state index contributed by atoms with van der Waals surface area (Å²) < 4.78 is 2.62. The minimum atomic E-state index is -0.0622. The largest absolute Gasteiger partial charge is 0.326 e. The average molecular weight is 312 g/mol. The zero-order valence-corrected chi connectivity index (χ0v) is 13.0. The van der Waals surface area contributed by atoms with Gasteiger partial charge < -0.3 is 5.32 Å². The minimum absolute atomic E-state index is 0.0327. The summed E-state index contributed by atoms with van der Waals surface area (Å²) in [6.07, 6.45) is 0.338. The Hall–Kier alpha value is -2.40. The summed E-state index contributed by atoms with van der Waals surface area (Å²) >= 11 is 1.20. The number of fused-ring (bicyclic) bond motifs is 1. The van der Waals surface area contributed by atoms with Gasteiger partial charge in [0.1, 0.15) is 0 Å². The predicted octanol–water partition coefficient (Wildman–Crippen LogP) is 3.26. The molecule has 0 fully saturated rings. The maximum absolute atomic E-state index is 12.1. The van der Waals surface area contributed by atoms with Crippen molar-refractivity contribution in [2.45, 2.75) is 19.9 Å². The maximum atomic E-state index is 12.1. The van der Waals surface area contributed by atoms with Crippen molar-refractivity contribution in [1.82, 2.24) is 4.57 Å². The lowest BCUT2D eigenvalue weighted by atomic mass is 10.1. The molecule has 1 amide bonds. The van der Waals surface area contributed by atoms with Gasteiger partial charge in [-0.05, 0) is 30.7 Å². The highest BCUT2D eigenvalue weighted by molar-refractivity contribution is 7.16. The quantitative estimate of drug-likeness (QED) is 0.804. The molecule has 0 aliphatic carbocycles. The molecular formula is C17H16N2O2S. The zero-order valence-electron chi connectivity index (χ0n) is 12.2. The van der Waals surface area contributed by atoms with E-state index in [2.05, 4.69) is 5.32 Å². The fourth-order valence-electron chi connectivity index (χ4n) is 2.43. The van der Waals surface area contributed by atoms with E-state index in [-0.39, 0.29) is 10.8 Å². The van der Waals surface area contributed by atoms with Gasteiger partial charge >= 0.3 is 4.87 Å². The van der Waals surface area contributed by atoms with Gasteiger partial charge in [-0.15, -0.1) is 0 Å². The summed E-state index contributed by atoms with van der Waals surface area (Å²) in [4.78, 5) is 23.9. The van der Waals surface area contributed by atoms with Gasteiger partial charge in [-0.2, -0.15) is 0 Å². The first-order chi connectivity index (χ1) is 10.7. The van der Waals surface area contributed by atoms with E-state index in [1.54, 1.807) is 4.57 Å². The minimum Gasteiger partial charge on any atom is -0.326 e. The van der Waals surface area contributed by atoms with Gasteiger partial charge in [0.2, 0.25) is 5.91 Å².